The molecule has 1 rings (SSSR count). The van der Waals surface area contributed by atoms with Gasteiger partial charge in [0.1, 0.15) is 0 Å². The van der Waals surface area contributed by atoms with E-state index in [9.17, 15) is 9.59 Å². The third kappa shape index (κ3) is 9.86. The van der Waals surface area contributed by atoms with Crippen LogP contribution in [-0.2, 0) is 14.3 Å². The summed E-state index contributed by atoms with van der Waals surface area (Å²) in [7, 11) is 0. The molecule has 0 aromatic heterocycles. The van der Waals surface area contributed by atoms with Crippen LogP contribution in [0.5, 0.6) is 5.75 Å². The molecule has 0 spiro atoms. The fourth-order valence-electron chi connectivity index (χ4n) is 2.12. The molecule has 0 bridgehead atoms. The second-order valence-electron chi connectivity index (χ2n) is 5.70. The van der Waals surface area contributed by atoms with Crippen LogP contribution in [0.4, 0.5) is 0 Å². The number of alkyl halides is 1. The van der Waals surface area contributed by atoms with E-state index in [0.29, 0.717) is 12.5 Å². The summed E-state index contributed by atoms with van der Waals surface area (Å²) < 4.78 is 10.2. The molecule has 1 aromatic carbocycles. The second-order valence-corrected chi connectivity index (χ2v) is 7.30. The number of ether oxygens (including phenoxy) is 2. The molecule has 8 heteroatoms. The van der Waals surface area contributed by atoms with Gasteiger partial charge in [-0.05, 0) is 18.9 Å². The lowest BCUT2D eigenvalue weighted by molar-refractivity contribution is -0.147. The van der Waals surface area contributed by atoms with Gasteiger partial charge in [0.15, 0.2) is 5.75 Å². The fourth-order valence-corrected chi connectivity index (χ4v) is 2.89. The molecule has 4 nitrogen and oxygen atoms in total. The van der Waals surface area contributed by atoms with Crippen molar-refractivity contribution in [1.82, 2.24) is 0 Å². The topological polar surface area (TPSA) is 52.6 Å². The Kier molecular flexibility index (Phi) is 12.1. The second kappa shape index (κ2) is 13.5. The first-order chi connectivity index (χ1) is 12.4. The van der Waals surface area contributed by atoms with Gasteiger partial charge in [0, 0.05) is 11.9 Å². The largest absolute Gasteiger partial charge is 0.466 e. The molecule has 0 atom stereocenters. The minimum Gasteiger partial charge on any atom is -0.466 e. The molecule has 0 amide bonds. The van der Waals surface area contributed by atoms with Crippen LogP contribution in [0.25, 0.3) is 0 Å². The van der Waals surface area contributed by atoms with Crippen LogP contribution < -0.4 is 4.74 Å². The third-order valence-corrected chi connectivity index (χ3v) is 4.81. The summed E-state index contributed by atoms with van der Waals surface area (Å²) in [5, 5.41) is 0.654. The van der Waals surface area contributed by atoms with Crippen LogP contribution in [-0.4, -0.2) is 24.4 Å². The van der Waals surface area contributed by atoms with Crippen molar-refractivity contribution in [3.8, 4) is 5.75 Å². The Morgan fingerprint density at radius 1 is 0.769 bits per heavy atom. The number of carbonyl (C=O) groups excluding carboxylic acids is 2. The summed E-state index contributed by atoms with van der Waals surface area (Å²) in [5.74, 6) is -0.212. The van der Waals surface area contributed by atoms with Gasteiger partial charge in [-0.15, -0.1) is 11.6 Å². The fraction of sp³-hybridized carbons (Fsp3) is 0.556. The van der Waals surface area contributed by atoms with Crippen LogP contribution in [0.3, 0.4) is 0 Å². The quantitative estimate of drug-likeness (QED) is 0.122. The summed E-state index contributed by atoms with van der Waals surface area (Å²) in [5.41, 5.74) is 0. The average Bonchev–Trinajstić information content (AvgIpc) is 2.60. The van der Waals surface area contributed by atoms with Gasteiger partial charge in [0.05, 0.1) is 34.5 Å². The molecule has 0 aliphatic heterocycles. The zero-order valence-corrected chi connectivity index (χ0v) is 17.4. The van der Waals surface area contributed by atoms with Gasteiger partial charge in [-0.1, -0.05) is 60.5 Å². The molecule has 0 aliphatic carbocycles. The van der Waals surface area contributed by atoms with Crippen LogP contribution >= 0.6 is 46.4 Å². The highest BCUT2D eigenvalue weighted by atomic mass is 35.5. The first-order valence-corrected chi connectivity index (χ1v) is 10.2. The highest BCUT2D eigenvalue weighted by Crippen LogP contribution is 2.34. The van der Waals surface area contributed by atoms with Gasteiger partial charge in [-0.3, -0.25) is 9.59 Å². The predicted octanol–water partition coefficient (Wildman–Crippen LogP) is 6.46. The Balaban J connectivity index is 2.16. The zero-order chi connectivity index (χ0) is 19.4. The minimum absolute atomic E-state index is 0.0481. The number of benzene rings is 1. The smallest absolute Gasteiger partial charge is 0.311 e. The van der Waals surface area contributed by atoms with Gasteiger partial charge < -0.3 is 9.47 Å². The first kappa shape index (κ1) is 23.4. The van der Waals surface area contributed by atoms with Crippen molar-refractivity contribution >= 4 is 58.3 Å². The standard InChI is InChI=1S/C18H22Cl4O4/c19-9-5-3-1-2-4-6-10-25-17(23)7-8-18(24)26-16-12-14(21)13(20)11-15(16)22/h11-12H,1-10H2. The van der Waals surface area contributed by atoms with Crippen molar-refractivity contribution in [2.75, 3.05) is 12.5 Å². The minimum atomic E-state index is -0.596. The average molecular weight is 444 g/mol. The summed E-state index contributed by atoms with van der Waals surface area (Å²) in [6, 6.07) is 2.74. The maximum atomic E-state index is 11.8. The molecule has 0 heterocycles. The van der Waals surface area contributed by atoms with E-state index in [4.69, 9.17) is 55.9 Å². The van der Waals surface area contributed by atoms with Crippen molar-refractivity contribution < 1.29 is 19.1 Å². The number of esters is 2. The summed E-state index contributed by atoms with van der Waals surface area (Å²) in [6.45, 7) is 0.363. The van der Waals surface area contributed by atoms with Crippen molar-refractivity contribution in [2.24, 2.45) is 0 Å². The van der Waals surface area contributed by atoms with E-state index in [1.807, 2.05) is 0 Å². The Bertz CT molecular complexity index is 593. The molecule has 0 unspecified atom stereocenters. The lowest BCUT2D eigenvalue weighted by atomic mass is 10.1. The number of hydrogen-bond acceptors (Lipinski definition) is 4. The maximum absolute atomic E-state index is 11.8. The Hall–Kier alpha value is -0.680. The molecule has 1 aromatic rings. The van der Waals surface area contributed by atoms with Crippen molar-refractivity contribution in [3.63, 3.8) is 0 Å². The van der Waals surface area contributed by atoms with Crippen molar-refractivity contribution in [1.29, 1.82) is 0 Å². The van der Waals surface area contributed by atoms with E-state index >= 15 is 0 Å². The normalized spacial score (nSPS) is 10.6. The van der Waals surface area contributed by atoms with Gasteiger partial charge in [0.2, 0.25) is 0 Å². The molecule has 26 heavy (non-hydrogen) atoms. The SMILES string of the molecule is O=C(CCC(=O)Oc1cc(Cl)c(Cl)cc1Cl)OCCCCCCCCCl. The molecule has 0 radical (unpaired) electrons. The molecule has 0 aliphatic rings. The van der Waals surface area contributed by atoms with E-state index in [0.717, 1.165) is 38.5 Å². The summed E-state index contributed by atoms with van der Waals surface area (Å²) >= 11 is 23.2. The van der Waals surface area contributed by atoms with Gasteiger partial charge in [-0.2, -0.15) is 0 Å². The highest BCUT2D eigenvalue weighted by molar-refractivity contribution is 6.43. The number of hydrogen-bond donors (Lipinski definition) is 0. The summed E-state index contributed by atoms with van der Waals surface area (Å²) in [6.07, 6.45) is 6.09. The van der Waals surface area contributed by atoms with Gasteiger partial charge in [0.25, 0.3) is 0 Å². The molecular weight excluding hydrogens is 422 g/mol. The molecular formula is C18H22Cl4O4. The van der Waals surface area contributed by atoms with Crippen LogP contribution in [0, 0.1) is 0 Å². The van der Waals surface area contributed by atoms with Crippen molar-refractivity contribution in [2.45, 2.75) is 51.4 Å². The van der Waals surface area contributed by atoms with Crippen LogP contribution in [0.2, 0.25) is 15.1 Å². The highest BCUT2D eigenvalue weighted by Gasteiger charge is 2.13. The van der Waals surface area contributed by atoms with Gasteiger partial charge >= 0.3 is 11.9 Å². The van der Waals surface area contributed by atoms with E-state index in [1.54, 1.807) is 0 Å². The van der Waals surface area contributed by atoms with E-state index < -0.39 is 11.9 Å². The first-order valence-electron chi connectivity index (χ1n) is 8.51. The zero-order valence-electron chi connectivity index (χ0n) is 14.4. The van der Waals surface area contributed by atoms with Crippen molar-refractivity contribution in [3.05, 3.63) is 27.2 Å². The number of halogens is 4. The predicted molar refractivity (Wildman–Crippen MR) is 106 cm³/mol. The third-order valence-electron chi connectivity index (χ3n) is 3.52. The molecule has 146 valence electrons. The molecule has 0 N–H and O–H groups in total. The monoisotopic (exact) mass is 442 g/mol. The number of rotatable bonds is 12. The van der Waals surface area contributed by atoms with E-state index in [1.165, 1.54) is 12.1 Å². The molecule has 0 saturated heterocycles. The lowest BCUT2D eigenvalue weighted by Gasteiger charge is -2.08. The number of unbranched alkanes of at least 4 members (excludes halogenated alkanes) is 5. The Morgan fingerprint density at radius 2 is 1.35 bits per heavy atom. The van der Waals surface area contributed by atoms with E-state index in [2.05, 4.69) is 0 Å². The van der Waals surface area contributed by atoms with E-state index in [-0.39, 0.29) is 33.7 Å². The molecule has 0 saturated carbocycles. The van der Waals surface area contributed by atoms with Crippen LogP contribution in [0.1, 0.15) is 51.4 Å². The van der Waals surface area contributed by atoms with Crippen LogP contribution in [0.15, 0.2) is 12.1 Å². The molecule has 0 fully saturated rings. The van der Waals surface area contributed by atoms with Gasteiger partial charge in [-0.25, -0.2) is 0 Å². The summed E-state index contributed by atoms with van der Waals surface area (Å²) in [4.78, 5) is 23.4. The maximum Gasteiger partial charge on any atom is 0.311 e. The Labute approximate surface area is 174 Å². The number of carbonyl (C=O) groups is 2. The Morgan fingerprint density at radius 3 is 2.04 bits per heavy atom. The lowest BCUT2D eigenvalue weighted by Crippen LogP contribution is -2.13.